The topological polar surface area (TPSA) is 57.5 Å². The monoisotopic (exact) mass is 176 g/mol. The summed E-state index contributed by atoms with van der Waals surface area (Å²) in [6, 6.07) is 0. The fourth-order valence-electron chi connectivity index (χ4n) is 0.882. The molecule has 12 heavy (non-hydrogen) atoms. The molecule has 0 spiro atoms. The molecule has 0 aromatic rings. The Morgan fingerprint density at radius 2 is 1.92 bits per heavy atom. The highest BCUT2D eigenvalue weighted by molar-refractivity contribution is 5.71. The molecule has 0 aromatic heterocycles. The van der Waals surface area contributed by atoms with Crippen LogP contribution in [-0.2, 0) is 4.79 Å². The maximum atomic E-state index is 10.2. The highest BCUT2D eigenvalue weighted by Gasteiger charge is 2.14. The zero-order chi connectivity index (χ0) is 9.78. The fraction of sp³-hybridized carbons (Fsp3) is 0.875. The summed E-state index contributed by atoms with van der Waals surface area (Å²) in [5.41, 5.74) is 0. The lowest BCUT2D eigenvalue weighted by Gasteiger charge is -2.23. The molecular weight excluding hydrogens is 158 g/mol. The van der Waals surface area contributed by atoms with Gasteiger partial charge in [-0.05, 0) is 12.8 Å². The summed E-state index contributed by atoms with van der Waals surface area (Å²) < 4.78 is 0.798. The minimum Gasteiger partial charge on any atom is -0.479 e. The summed E-state index contributed by atoms with van der Waals surface area (Å²) in [7, 11) is 6.10. The van der Waals surface area contributed by atoms with Crippen molar-refractivity contribution in [1.29, 1.82) is 0 Å². The van der Waals surface area contributed by atoms with Gasteiger partial charge in [-0.2, -0.15) is 0 Å². The summed E-state index contributed by atoms with van der Waals surface area (Å²) in [6.45, 7) is 0.879. The highest BCUT2D eigenvalue weighted by atomic mass is 16.4. The van der Waals surface area contributed by atoms with E-state index < -0.39 is 12.1 Å². The van der Waals surface area contributed by atoms with Gasteiger partial charge in [0.25, 0.3) is 0 Å². The molecule has 2 N–H and O–H groups in total. The van der Waals surface area contributed by atoms with Crippen molar-refractivity contribution in [2.75, 3.05) is 27.7 Å². The van der Waals surface area contributed by atoms with Crippen molar-refractivity contribution in [3.05, 3.63) is 0 Å². The summed E-state index contributed by atoms with van der Waals surface area (Å²) in [4.78, 5) is 10.2. The number of nitrogens with zero attached hydrogens (tertiary/aromatic N) is 1. The highest BCUT2D eigenvalue weighted by Crippen LogP contribution is 2.01. The summed E-state index contributed by atoms with van der Waals surface area (Å²) in [5, 5.41) is 17.3. The summed E-state index contributed by atoms with van der Waals surface area (Å²) >= 11 is 0. The molecule has 0 amide bonds. The van der Waals surface area contributed by atoms with Gasteiger partial charge in [0, 0.05) is 0 Å². The molecule has 0 saturated carbocycles. The second kappa shape index (κ2) is 4.42. The number of aliphatic hydroxyl groups excluding tert-OH is 1. The van der Waals surface area contributed by atoms with E-state index in [4.69, 9.17) is 10.2 Å². The Hall–Kier alpha value is -0.610. The fourth-order valence-corrected chi connectivity index (χ4v) is 0.882. The molecule has 0 aliphatic rings. The Bertz CT molecular complexity index is 151. The van der Waals surface area contributed by atoms with Crippen molar-refractivity contribution in [1.82, 2.24) is 0 Å². The lowest BCUT2D eigenvalue weighted by Crippen LogP contribution is -2.36. The normalized spacial score (nSPS) is 14.3. The SMILES string of the molecule is C[N+](C)(C)CCCC(O)C(=O)O. The molecule has 0 bridgehead atoms. The summed E-state index contributed by atoms with van der Waals surface area (Å²) in [5.74, 6) is -1.13. The average molecular weight is 176 g/mol. The van der Waals surface area contributed by atoms with E-state index in [9.17, 15) is 4.79 Å². The van der Waals surface area contributed by atoms with Crippen molar-refractivity contribution in [2.24, 2.45) is 0 Å². The van der Waals surface area contributed by atoms with Crippen LogP contribution >= 0.6 is 0 Å². The number of hydrogen-bond donors (Lipinski definition) is 2. The molecule has 72 valence electrons. The van der Waals surface area contributed by atoms with E-state index in [-0.39, 0.29) is 0 Å². The number of aliphatic carboxylic acids is 1. The van der Waals surface area contributed by atoms with Crippen molar-refractivity contribution in [3.8, 4) is 0 Å². The molecule has 0 aliphatic carbocycles. The third-order valence-corrected chi connectivity index (χ3v) is 1.59. The van der Waals surface area contributed by atoms with Gasteiger partial charge in [-0.1, -0.05) is 0 Å². The first-order chi connectivity index (χ1) is 5.33. The maximum absolute atomic E-state index is 10.2. The molecule has 0 fully saturated rings. The van der Waals surface area contributed by atoms with Gasteiger partial charge >= 0.3 is 5.97 Å². The number of carbonyl (C=O) groups is 1. The number of quaternary nitrogens is 1. The first-order valence-corrected chi connectivity index (χ1v) is 4.04. The van der Waals surface area contributed by atoms with Crippen molar-refractivity contribution < 1.29 is 19.5 Å². The smallest absolute Gasteiger partial charge is 0.332 e. The third-order valence-electron chi connectivity index (χ3n) is 1.59. The standard InChI is InChI=1S/C8H17NO3/c1-9(2,3)6-4-5-7(10)8(11)12/h7,10H,4-6H2,1-3H3/p+1. The van der Waals surface area contributed by atoms with Crippen LogP contribution < -0.4 is 0 Å². The molecule has 4 nitrogen and oxygen atoms in total. The Balaban J connectivity index is 3.51. The zero-order valence-electron chi connectivity index (χ0n) is 7.95. The molecule has 0 aliphatic heterocycles. The van der Waals surface area contributed by atoms with E-state index in [1.807, 2.05) is 21.1 Å². The van der Waals surface area contributed by atoms with Crippen LogP contribution in [-0.4, -0.2) is 54.5 Å². The van der Waals surface area contributed by atoms with Gasteiger partial charge in [0.2, 0.25) is 0 Å². The predicted molar refractivity (Wildman–Crippen MR) is 45.8 cm³/mol. The van der Waals surface area contributed by atoms with Crippen LogP contribution in [0.5, 0.6) is 0 Å². The molecule has 4 heteroatoms. The Morgan fingerprint density at radius 1 is 1.42 bits per heavy atom. The largest absolute Gasteiger partial charge is 0.479 e. The minimum absolute atomic E-state index is 0.338. The number of hydrogen-bond acceptors (Lipinski definition) is 2. The molecule has 0 saturated heterocycles. The number of rotatable bonds is 5. The third kappa shape index (κ3) is 6.12. The molecule has 0 heterocycles. The average Bonchev–Trinajstić information content (AvgIpc) is 1.84. The van der Waals surface area contributed by atoms with Crippen molar-refractivity contribution >= 4 is 5.97 Å². The van der Waals surface area contributed by atoms with E-state index in [0.29, 0.717) is 6.42 Å². The predicted octanol–water partition coefficient (Wildman–Crippen LogP) is -0.0817. The first-order valence-electron chi connectivity index (χ1n) is 4.04. The van der Waals surface area contributed by atoms with Crippen molar-refractivity contribution in [2.45, 2.75) is 18.9 Å². The van der Waals surface area contributed by atoms with E-state index in [0.717, 1.165) is 17.4 Å². The lowest BCUT2D eigenvalue weighted by atomic mass is 10.2. The Kier molecular flexibility index (Phi) is 4.20. The second-order valence-corrected chi connectivity index (χ2v) is 4.01. The van der Waals surface area contributed by atoms with Gasteiger partial charge in [-0.25, -0.2) is 4.79 Å². The van der Waals surface area contributed by atoms with E-state index in [2.05, 4.69) is 0 Å². The van der Waals surface area contributed by atoms with Gasteiger partial charge in [-0.15, -0.1) is 0 Å². The molecule has 1 atom stereocenters. The van der Waals surface area contributed by atoms with Gasteiger partial charge < -0.3 is 14.7 Å². The molecule has 0 radical (unpaired) electrons. The van der Waals surface area contributed by atoms with Crippen LogP contribution in [0.3, 0.4) is 0 Å². The minimum atomic E-state index is -1.20. The van der Waals surface area contributed by atoms with Crippen LogP contribution in [0.1, 0.15) is 12.8 Å². The molecular formula is C8H18NO3+. The Labute approximate surface area is 73.0 Å². The number of aliphatic hydroxyl groups is 1. The lowest BCUT2D eigenvalue weighted by molar-refractivity contribution is -0.870. The van der Waals surface area contributed by atoms with Crippen LogP contribution in [0.15, 0.2) is 0 Å². The quantitative estimate of drug-likeness (QED) is 0.576. The van der Waals surface area contributed by atoms with Crippen LogP contribution in [0, 0.1) is 0 Å². The Morgan fingerprint density at radius 3 is 2.25 bits per heavy atom. The summed E-state index contributed by atoms with van der Waals surface area (Å²) in [6.07, 6.45) is -0.126. The first kappa shape index (κ1) is 11.4. The van der Waals surface area contributed by atoms with E-state index in [1.54, 1.807) is 0 Å². The van der Waals surface area contributed by atoms with Gasteiger partial charge in [0.05, 0.1) is 27.7 Å². The zero-order valence-corrected chi connectivity index (χ0v) is 7.95. The van der Waals surface area contributed by atoms with Crippen LogP contribution in [0.25, 0.3) is 0 Å². The second-order valence-electron chi connectivity index (χ2n) is 4.01. The molecule has 0 rings (SSSR count). The van der Waals surface area contributed by atoms with Gasteiger partial charge in [-0.3, -0.25) is 0 Å². The number of carboxylic acid groups (broad SMARTS) is 1. The van der Waals surface area contributed by atoms with E-state index in [1.165, 1.54) is 0 Å². The molecule has 0 aromatic carbocycles. The van der Waals surface area contributed by atoms with Crippen molar-refractivity contribution in [3.63, 3.8) is 0 Å². The maximum Gasteiger partial charge on any atom is 0.332 e. The number of carboxylic acids is 1. The van der Waals surface area contributed by atoms with Gasteiger partial charge in [0.15, 0.2) is 6.10 Å². The van der Waals surface area contributed by atoms with E-state index >= 15 is 0 Å². The van der Waals surface area contributed by atoms with Crippen LogP contribution in [0.2, 0.25) is 0 Å². The van der Waals surface area contributed by atoms with Crippen LogP contribution in [0.4, 0.5) is 0 Å². The van der Waals surface area contributed by atoms with Gasteiger partial charge in [0.1, 0.15) is 0 Å². The molecule has 1 unspecified atom stereocenters.